The van der Waals surface area contributed by atoms with Crippen LogP contribution in [0.5, 0.6) is 0 Å². The number of carbonyl (C=O) groups excluding carboxylic acids is 1. The third kappa shape index (κ3) is 3.05. The lowest BCUT2D eigenvalue weighted by Crippen LogP contribution is -2.44. The Labute approximate surface area is 156 Å². The fourth-order valence-electron chi connectivity index (χ4n) is 3.54. The second-order valence-corrected chi connectivity index (χ2v) is 7.66. The van der Waals surface area contributed by atoms with E-state index in [1.54, 1.807) is 15.9 Å². The Morgan fingerprint density at radius 2 is 2.04 bits per heavy atom. The van der Waals surface area contributed by atoms with Crippen molar-refractivity contribution < 1.29 is 4.79 Å². The molecule has 7 nitrogen and oxygen atoms in total. The van der Waals surface area contributed by atoms with Crippen molar-refractivity contribution in [2.45, 2.75) is 39.7 Å². The minimum Gasteiger partial charge on any atom is -0.349 e. The number of aromatic nitrogens is 4. The van der Waals surface area contributed by atoms with Gasteiger partial charge in [0.1, 0.15) is 5.56 Å². The van der Waals surface area contributed by atoms with Crippen LogP contribution in [-0.2, 0) is 0 Å². The molecule has 1 amide bonds. The van der Waals surface area contributed by atoms with Crippen LogP contribution >= 0.6 is 11.3 Å². The molecule has 0 bridgehead atoms. The summed E-state index contributed by atoms with van der Waals surface area (Å²) in [6.45, 7) is 7.59. The first-order valence-corrected chi connectivity index (χ1v) is 9.70. The van der Waals surface area contributed by atoms with Crippen molar-refractivity contribution in [1.29, 1.82) is 0 Å². The highest BCUT2D eigenvalue weighted by atomic mass is 32.1. The number of rotatable bonds is 3. The molecule has 0 radical (unpaired) electrons. The smallest absolute Gasteiger partial charge is 0.257 e. The lowest BCUT2D eigenvalue weighted by atomic mass is 10.0. The van der Waals surface area contributed by atoms with Crippen LogP contribution in [0.4, 0.5) is 5.13 Å². The van der Waals surface area contributed by atoms with Gasteiger partial charge in [-0.05, 0) is 39.7 Å². The van der Waals surface area contributed by atoms with Gasteiger partial charge in [-0.1, -0.05) is 0 Å². The number of aryl methyl sites for hydroxylation is 3. The first-order valence-electron chi connectivity index (χ1n) is 8.82. The topological polar surface area (TPSA) is 75.4 Å². The van der Waals surface area contributed by atoms with Crippen molar-refractivity contribution in [2.24, 2.45) is 0 Å². The maximum absolute atomic E-state index is 12.9. The Morgan fingerprint density at radius 1 is 1.27 bits per heavy atom. The number of anilines is 1. The number of thiazole rings is 1. The second kappa shape index (κ2) is 6.68. The Balaban J connectivity index is 1.49. The number of nitrogens with one attached hydrogen (secondary N) is 1. The molecule has 1 aliphatic rings. The average molecular weight is 370 g/mol. The van der Waals surface area contributed by atoms with Crippen molar-refractivity contribution in [3.63, 3.8) is 0 Å². The van der Waals surface area contributed by atoms with Gasteiger partial charge in [-0.3, -0.25) is 4.79 Å². The van der Waals surface area contributed by atoms with Crippen molar-refractivity contribution >= 4 is 28.0 Å². The number of hydrogen-bond donors (Lipinski definition) is 1. The highest BCUT2D eigenvalue weighted by molar-refractivity contribution is 7.13. The molecular formula is C18H22N6OS. The third-order valence-electron chi connectivity index (χ3n) is 4.82. The van der Waals surface area contributed by atoms with Gasteiger partial charge in [0.15, 0.2) is 10.8 Å². The molecule has 8 heteroatoms. The van der Waals surface area contributed by atoms with E-state index in [9.17, 15) is 4.79 Å². The SMILES string of the molecule is Cc1cc(C)n2nc(C)c(C(=O)NC3CCN(c4nccs4)CC3)c2n1. The van der Waals surface area contributed by atoms with Crippen molar-refractivity contribution in [1.82, 2.24) is 24.9 Å². The monoisotopic (exact) mass is 370 g/mol. The molecule has 0 atom stereocenters. The molecular weight excluding hydrogens is 348 g/mol. The zero-order valence-electron chi connectivity index (χ0n) is 15.2. The Bertz CT molecular complexity index is 940. The van der Waals surface area contributed by atoms with Gasteiger partial charge in [0, 0.05) is 42.1 Å². The van der Waals surface area contributed by atoms with E-state index < -0.39 is 0 Å². The van der Waals surface area contributed by atoms with Gasteiger partial charge >= 0.3 is 0 Å². The van der Waals surface area contributed by atoms with E-state index in [4.69, 9.17) is 0 Å². The molecule has 26 heavy (non-hydrogen) atoms. The molecule has 0 spiro atoms. The van der Waals surface area contributed by atoms with Crippen LogP contribution < -0.4 is 10.2 Å². The normalized spacial score (nSPS) is 15.6. The zero-order chi connectivity index (χ0) is 18.3. The highest BCUT2D eigenvalue weighted by Crippen LogP contribution is 2.23. The number of carbonyl (C=O) groups is 1. The van der Waals surface area contributed by atoms with Gasteiger partial charge in [-0.25, -0.2) is 14.5 Å². The maximum atomic E-state index is 12.9. The largest absolute Gasteiger partial charge is 0.349 e. The first-order chi connectivity index (χ1) is 12.5. The predicted octanol–water partition coefficient (Wildman–Crippen LogP) is 2.51. The molecule has 1 saturated heterocycles. The van der Waals surface area contributed by atoms with E-state index in [1.807, 2.05) is 38.4 Å². The number of hydrogen-bond acceptors (Lipinski definition) is 6. The summed E-state index contributed by atoms with van der Waals surface area (Å²) >= 11 is 1.66. The van der Waals surface area contributed by atoms with Crippen LogP contribution in [0.15, 0.2) is 17.6 Å². The fraction of sp³-hybridized carbons (Fsp3) is 0.444. The summed E-state index contributed by atoms with van der Waals surface area (Å²) in [6.07, 6.45) is 3.66. The van der Waals surface area contributed by atoms with Crippen molar-refractivity contribution in [2.75, 3.05) is 18.0 Å². The van der Waals surface area contributed by atoms with Crippen LogP contribution in [0.2, 0.25) is 0 Å². The summed E-state index contributed by atoms with van der Waals surface area (Å²) in [6, 6.07) is 2.13. The summed E-state index contributed by atoms with van der Waals surface area (Å²) in [5.74, 6) is -0.0808. The molecule has 3 aromatic rings. The van der Waals surface area contributed by atoms with Gasteiger partial charge in [0.05, 0.1) is 5.69 Å². The van der Waals surface area contributed by atoms with Crippen LogP contribution in [-0.4, -0.2) is 44.6 Å². The first kappa shape index (κ1) is 17.0. The minimum atomic E-state index is -0.0808. The Kier molecular flexibility index (Phi) is 4.36. The molecule has 4 heterocycles. The Morgan fingerprint density at radius 3 is 2.73 bits per heavy atom. The summed E-state index contributed by atoms with van der Waals surface area (Å²) in [5, 5.41) is 10.7. The van der Waals surface area contributed by atoms with E-state index in [2.05, 4.69) is 25.3 Å². The molecule has 0 saturated carbocycles. The lowest BCUT2D eigenvalue weighted by Gasteiger charge is -2.32. The van der Waals surface area contributed by atoms with Crippen LogP contribution in [0.3, 0.4) is 0 Å². The molecule has 136 valence electrons. The van der Waals surface area contributed by atoms with E-state index in [0.29, 0.717) is 16.9 Å². The standard InChI is InChI=1S/C18H22N6OS/c1-11-10-12(2)24-16(20-11)15(13(3)22-24)17(25)21-14-4-7-23(8-5-14)18-19-6-9-26-18/h6,9-10,14H,4-5,7-8H2,1-3H3,(H,21,25). The summed E-state index contributed by atoms with van der Waals surface area (Å²) in [4.78, 5) is 24.1. The number of fused-ring (bicyclic) bond motifs is 1. The summed E-state index contributed by atoms with van der Waals surface area (Å²) in [7, 11) is 0. The lowest BCUT2D eigenvalue weighted by molar-refractivity contribution is 0.0932. The molecule has 0 aromatic carbocycles. The zero-order valence-corrected chi connectivity index (χ0v) is 16.0. The van der Waals surface area contributed by atoms with Crippen LogP contribution in [0.1, 0.15) is 40.3 Å². The van der Waals surface area contributed by atoms with E-state index in [0.717, 1.165) is 42.5 Å². The number of amides is 1. The van der Waals surface area contributed by atoms with Gasteiger partial charge in [-0.2, -0.15) is 5.10 Å². The molecule has 1 fully saturated rings. The molecule has 0 unspecified atom stereocenters. The maximum Gasteiger partial charge on any atom is 0.257 e. The molecule has 3 aromatic heterocycles. The third-order valence-corrected chi connectivity index (χ3v) is 5.65. The van der Waals surface area contributed by atoms with Gasteiger partial charge in [-0.15, -0.1) is 11.3 Å². The van der Waals surface area contributed by atoms with Crippen molar-refractivity contribution in [3.8, 4) is 0 Å². The van der Waals surface area contributed by atoms with E-state index in [-0.39, 0.29) is 11.9 Å². The van der Waals surface area contributed by atoms with Crippen LogP contribution in [0.25, 0.3) is 5.65 Å². The van der Waals surface area contributed by atoms with Gasteiger partial charge in [0.2, 0.25) is 0 Å². The molecule has 1 aliphatic heterocycles. The number of piperidine rings is 1. The van der Waals surface area contributed by atoms with Crippen molar-refractivity contribution in [3.05, 3.63) is 40.3 Å². The van der Waals surface area contributed by atoms with Gasteiger partial charge < -0.3 is 10.2 Å². The minimum absolute atomic E-state index is 0.0808. The summed E-state index contributed by atoms with van der Waals surface area (Å²) in [5.41, 5.74) is 3.80. The number of nitrogens with zero attached hydrogens (tertiary/aromatic N) is 5. The highest BCUT2D eigenvalue weighted by Gasteiger charge is 2.25. The Hall–Kier alpha value is -2.48. The van der Waals surface area contributed by atoms with Gasteiger partial charge in [0.25, 0.3) is 5.91 Å². The molecule has 1 N–H and O–H groups in total. The fourth-order valence-corrected chi connectivity index (χ4v) is 4.23. The molecule has 0 aliphatic carbocycles. The predicted molar refractivity (Wildman–Crippen MR) is 102 cm³/mol. The second-order valence-electron chi connectivity index (χ2n) is 6.78. The quantitative estimate of drug-likeness (QED) is 0.767. The van der Waals surface area contributed by atoms with E-state index >= 15 is 0 Å². The van der Waals surface area contributed by atoms with Crippen LogP contribution in [0, 0.1) is 20.8 Å². The molecule has 4 rings (SSSR count). The summed E-state index contributed by atoms with van der Waals surface area (Å²) < 4.78 is 1.75. The van der Waals surface area contributed by atoms with E-state index in [1.165, 1.54) is 0 Å². The average Bonchev–Trinajstić information content (AvgIpc) is 3.23.